The molecule has 1 fully saturated rings. The van der Waals surface area contributed by atoms with E-state index in [1.807, 2.05) is 11.3 Å². The summed E-state index contributed by atoms with van der Waals surface area (Å²) < 4.78 is 6.86. The molecule has 3 rings (SSSR count). The third-order valence-electron chi connectivity index (χ3n) is 3.96. The summed E-state index contributed by atoms with van der Waals surface area (Å²) in [5.74, 6) is 0.737. The van der Waals surface area contributed by atoms with Crippen LogP contribution in [0.1, 0.15) is 18.4 Å². The van der Waals surface area contributed by atoms with Crippen LogP contribution in [-0.4, -0.2) is 19.1 Å². The fraction of sp³-hybridized carbons (Fsp3) is 0.467. The van der Waals surface area contributed by atoms with Crippen molar-refractivity contribution in [2.45, 2.75) is 19.3 Å². The molecule has 2 aromatic rings. The van der Waals surface area contributed by atoms with Crippen molar-refractivity contribution in [1.82, 2.24) is 0 Å². The Morgan fingerprint density at radius 2 is 2.00 bits per heavy atom. The lowest BCUT2D eigenvalue weighted by atomic mass is 9.77. The average Bonchev–Trinajstić information content (AvgIpc) is 2.83. The van der Waals surface area contributed by atoms with E-state index >= 15 is 0 Å². The minimum atomic E-state index is 0.240. The molecule has 1 aromatic heterocycles. The average molecular weight is 281 g/mol. The minimum Gasteiger partial charge on any atom is -0.381 e. The van der Waals surface area contributed by atoms with Crippen molar-refractivity contribution in [1.29, 1.82) is 0 Å². The van der Waals surface area contributed by atoms with Gasteiger partial charge in [0.05, 0.1) is 0 Å². The van der Waals surface area contributed by atoms with Gasteiger partial charge in [-0.05, 0) is 47.1 Å². The Kier molecular flexibility index (Phi) is 3.60. The van der Waals surface area contributed by atoms with Crippen LogP contribution >= 0.6 is 22.9 Å². The molecular weight excluding hydrogens is 264 g/mol. The van der Waals surface area contributed by atoms with E-state index in [2.05, 4.69) is 29.6 Å². The first-order chi connectivity index (χ1) is 8.83. The van der Waals surface area contributed by atoms with Gasteiger partial charge in [0.1, 0.15) is 0 Å². The Hall–Kier alpha value is -0.570. The Morgan fingerprint density at radius 3 is 2.78 bits per heavy atom. The number of hydrogen-bond acceptors (Lipinski definition) is 2. The second-order valence-corrected chi connectivity index (χ2v) is 6.36. The predicted octanol–water partition coefficient (Wildman–Crippen LogP) is 4.48. The molecule has 0 aliphatic carbocycles. The van der Waals surface area contributed by atoms with Crippen molar-refractivity contribution in [3.8, 4) is 0 Å². The first-order valence-corrected chi connectivity index (χ1v) is 7.83. The number of rotatable bonds is 3. The number of fused-ring (bicyclic) bond motifs is 1. The third-order valence-corrected chi connectivity index (χ3v) is 5.54. The summed E-state index contributed by atoms with van der Waals surface area (Å²) in [5.41, 5.74) is 1.70. The number of benzene rings is 1. The van der Waals surface area contributed by atoms with Gasteiger partial charge in [0.15, 0.2) is 0 Å². The second-order valence-electron chi connectivity index (χ2n) is 5.18. The predicted molar refractivity (Wildman–Crippen MR) is 78.7 cm³/mol. The van der Waals surface area contributed by atoms with Crippen LogP contribution in [0.5, 0.6) is 0 Å². The van der Waals surface area contributed by atoms with E-state index in [9.17, 15) is 0 Å². The van der Waals surface area contributed by atoms with Gasteiger partial charge in [0.2, 0.25) is 0 Å². The first kappa shape index (κ1) is 12.5. The van der Waals surface area contributed by atoms with Gasteiger partial charge < -0.3 is 4.74 Å². The van der Waals surface area contributed by atoms with Crippen LogP contribution in [0.3, 0.4) is 0 Å². The molecule has 0 unspecified atom stereocenters. The van der Waals surface area contributed by atoms with E-state index < -0.39 is 0 Å². The Labute approximate surface area is 117 Å². The van der Waals surface area contributed by atoms with Gasteiger partial charge in [0.25, 0.3) is 0 Å². The van der Waals surface area contributed by atoms with E-state index in [4.69, 9.17) is 16.3 Å². The van der Waals surface area contributed by atoms with Gasteiger partial charge in [-0.3, -0.25) is 0 Å². The van der Waals surface area contributed by atoms with E-state index in [-0.39, 0.29) is 5.41 Å². The molecule has 0 spiro atoms. The number of halogens is 1. The van der Waals surface area contributed by atoms with Crippen molar-refractivity contribution < 1.29 is 4.74 Å². The number of thiophene rings is 1. The first-order valence-electron chi connectivity index (χ1n) is 6.42. The lowest BCUT2D eigenvalue weighted by Gasteiger charge is -2.35. The zero-order valence-corrected chi connectivity index (χ0v) is 11.9. The van der Waals surface area contributed by atoms with E-state index in [1.165, 1.54) is 15.6 Å². The maximum absolute atomic E-state index is 6.25. The smallest absolute Gasteiger partial charge is 0.0471 e. The summed E-state index contributed by atoms with van der Waals surface area (Å²) >= 11 is 8.09. The van der Waals surface area contributed by atoms with Gasteiger partial charge in [0, 0.05) is 23.8 Å². The highest BCUT2D eigenvalue weighted by molar-refractivity contribution is 7.17. The standard InChI is InChI=1S/C15H17ClOS/c16-11-15(5-7-17-8-6-15)9-12-10-18-14-4-2-1-3-13(12)14/h1-4,10H,5-9,11H2. The number of alkyl halides is 1. The largest absolute Gasteiger partial charge is 0.381 e. The van der Waals surface area contributed by atoms with Crippen LogP contribution < -0.4 is 0 Å². The summed E-state index contributed by atoms with van der Waals surface area (Å²) in [5, 5.41) is 3.70. The molecule has 1 saturated heterocycles. The molecule has 1 aromatic carbocycles. The fourth-order valence-corrected chi connectivity index (χ4v) is 4.06. The maximum Gasteiger partial charge on any atom is 0.0471 e. The van der Waals surface area contributed by atoms with Crippen molar-refractivity contribution in [3.63, 3.8) is 0 Å². The highest BCUT2D eigenvalue weighted by Gasteiger charge is 2.32. The second kappa shape index (κ2) is 5.20. The summed E-state index contributed by atoms with van der Waals surface area (Å²) in [7, 11) is 0. The molecule has 0 bridgehead atoms. The van der Waals surface area contributed by atoms with Crippen LogP contribution in [0.2, 0.25) is 0 Å². The molecule has 0 amide bonds. The van der Waals surface area contributed by atoms with Gasteiger partial charge in [-0.1, -0.05) is 18.2 Å². The van der Waals surface area contributed by atoms with Crippen LogP contribution in [0.15, 0.2) is 29.6 Å². The molecule has 0 atom stereocenters. The summed E-state index contributed by atoms with van der Waals surface area (Å²) in [4.78, 5) is 0. The Morgan fingerprint density at radius 1 is 1.22 bits per heavy atom. The van der Waals surface area contributed by atoms with Crippen molar-refractivity contribution in [3.05, 3.63) is 35.2 Å². The number of ether oxygens (including phenoxy) is 1. The van der Waals surface area contributed by atoms with Gasteiger partial charge >= 0.3 is 0 Å². The Balaban J connectivity index is 1.90. The zero-order valence-electron chi connectivity index (χ0n) is 10.3. The Bertz CT molecular complexity index is 528. The summed E-state index contributed by atoms with van der Waals surface area (Å²) in [6, 6.07) is 8.65. The van der Waals surface area contributed by atoms with Crippen molar-refractivity contribution in [2.24, 2.45) is 5.41 Å². The van der Waals surface area contributed by atoms with E-state index in [1.54, 1.807) is 0 Å². The van der Waals surface area contributed by atoms with Crippen LogP contribution in [0.25, 0.3) is 10.1 Å². The lowest BCUT2D eigenvalue weighted by Crippen LogP contribution is -2.33. The van der Waals surface area contributed by atoms with Crippen molar-refractivity contribution in [2.75, 3.05) is 19.1 Å². The van der Waals surface area contributed by atoms with Gasteiger partial charge in [-0.15, -0.1) is 22.9 Å². The van der Waals surface area contributed by atoms with Crippen LogP contribution in [0, 0.1) is 5.41 Å². The quantitative estimate of drug-likeness (QED) is 0.753. The molecule has 0 saturated carbocycles. The monoisotopic (exact) mass is 280 g/mol. The molecule has 2 heterocycles. The van der Waals surface area contributed by atoms with Crippen LogP contribution in [-0.2, 0) is 11.2 Å². The molecule has 1 nitrogen and oxygen atoms in total. The molecule has 3 heteroatoms. The molecule has 18 heavy (non-hydrogen) atoms. The fourth-order valence-electron chi connectivity index (χ4n) is 2.74. The molecular formula is C15H17ClOS. The highest BCUT2D eigenvalue weighted by atomic mass is 35.5. The molecule has 96 valence electrons. The maximum atomic E-state index is 6.25. The van der Waals surface area contributed by atoms with Crippen LogP contribution in [0.4, 0.5) is 0 Å². The lowest BCUT2D eigenvalue weighted by molar-refractivity contribution is 0.0259. The normalized spacial score (nSPS) is 19.2. The SMILES string of the molecule is ClCC1(Cc2csc3ccccc23)CCOCC1. The van der Waals surface area contributed by atoms with Gasteiger partial charge in [-0.25, -0.2) is 0 Å². The topological polar surface area (TPSA) is 9.23 Å². The van der Waals surface area contributed by atoms with Crippen molar-refractivity contribution >= 4 is 33.0 Å². The molecule has 1 aliphatic heterocycles. The van der Waals surface area contributed by atoms with E-state index in [0.29, 0.717) is 0 Å². The minimum absolute atomic E-state index is 0.240. The summed E-state index contributed by atoms with van der Waals surface area (Å²) in [6.07, 6.45) is 3.26. The third kappa shape index (κ3) is 2.29. The summed E-state index contributed by atoms with van der Waals surface area (Å²) in [6.45, 7) is 1.71. The molecule has 0 N–H and O–H groups in total. The van der Waals surface area contributed by atoms with E-state index in [0.717, 1.165) is 38.4 Å². The van der Waals surface area contributed by atoms with Gasteiger partial charge in [-0.2, -0.15) is 0 Å². The molecule has 1 aliphatic rings. The molecule has 0 radical (unpaired) electrons. The zero-order chi connectivity index (χ0) is 12.4. The number of hydrogen-bond donors (Lipinski definition) is 0. The highest BCUT2D eigenvalue weighted by Crippen LogP contribution is 2.38.